The van der Waals surface area contributed by atoms with Crippen molar-refractivity contribution >= 4 is 11.8 Å². The highest BCUT2D eigenvalue weighted by Crippen LogP contribution is 2.18. The van der Waals surface area contributed by atoms with Gasteiger partial charge in [0.2, 0.25) is 11.8 Å². The maximum atomic E-state index is 13.7. The second kappa shape index (κ2) is 20.7. The molecule has 0 spiro atoms. The van der Waals surface area contributed by atoms with E-state index in [1.165, 1.54) is 25.7 Å². The summed E-state index contributed by atoms with van der Waals surface area (Å²) in [6.07, 6.45) is 15.3. The monoisotopic (exact) mass is 648 g/mol. The van der Waals surface area contributed by atoms with Gasteiger partial charge < -0.3 is 9.80 Å². The van der Waals surface area contributed by atoms with Crippen molar-refractivity contribution in [2.75, 3.05) is 13.1 Å². The van der Waals surface area contributed by atoms with Crippen LogP contribution >= 0.6 is 0 Å². The van der Waals surface area contributed by atoms with Crippen molar-refractivity contribution in [2.45, 2.75) is 104 Å². The Morgan fingerprint density at radius 2 is 0.917 bits per heavy atom. The Morgan fingerprint density at radius 3 is 1.31 bits per heavy atom. The third-order valence-corrected chi connectivity index (χ3v) is 8.51. The molecule has 0 N–H and O–H groups in total. The van der Waals surface area contributed by atoms with Crippen molar-refractivity contribution in [3.05, 3.63) is 96.6 Å². The normalized spacial score (nSPS) is 11.0. The van der Waals surface area contributed by atoms with Crippen LogP contribution in [0.1, 0.15) is 102 Å². The maximum absolute atomic E-state index is 13.7. The summed E-state index contributed by atoms with van der Waals surface area (Å²) in [5, 5.41) is 0. The van der Waals surface area contributed by atoms with Crippen LogP contribution in [0.2, 0.25) is 0 Å². The average molecular weight is 649 g/mol. The molecule has 2 amide bonds. The highest BCUT2D eigenvalue weighted by Gasteiger charge is 2.20. The Morgan fingerprint density at radius 1 is 0.500 bits per heavy atom. The van der Waals surface area contributed by atoms with Gasteiger partial charge >= 0.3 is 0 Å². The fourth-order valence-corrected chi connectivity index (χ4v) is 5.74. The largest absolute Gasteiger partial charge is 0.335 e. The van der Waals surface area contributed by atoms with Crippen molar-refractivity contribution in [3.8, 4) is 22.8 Å². The summed E-state index contributed by atoms with van der Waals surface area (Å²) in [4.78, 5) is 49.8. The quantitative estimate of drug-likeness (QED) is 0.0840. The van der Waals surface area contributed by atoms with Crippen LogP contribution in [0.5, 0.6) is 0 Å². The van der Waals surface area contributed by atoms with E-state index < -0.39 is 0 Å². The average Bonchev–Trinajstić information content (AvgIpc) is 3.13. The Kier molecular flexibility index (Phi) is 15.7. The second-order valence-electron chi connectivity index (χ2n) is 12.4. The zero-order valence-electron chi connectivity index (χ0n) is 28.9. The molecule has 0 atom stereocenters. The van der Waals surface area contributed by atoms with Crippen LogP contribution in [0.4, 0.5) is 0 Å². The Balaban J connectivity index is 1.51. The van der Waals surface area contributed by atoms with E-state index in [1.807, 2.05) is 82.6 Å². The molecule has 0 saturated carbocycles. The second-order valence-corrected chi connectivity index (χ2v) is 12.4. The molecule has 0 aliphatic carbocycles. The molecule has 0 fully saturated rings. The molecular weight excluding hydrogens is 596 g/mol. The Bertz CT molecular complexity index is 1400. The molecule has 0 aliphatic rings. The third kappa shape index (κ3) is 12.3. The van der Waals surface area contributed by atoms with E-state index in [9.17, 15) is 9.59 Å². The van der Waals surface area contributed by atoms with Crippen LogP contribution in [0.3, 0.4) is 0 Å². The molecule has 0 bridgehead atoms. The van der Waals surface area contributed by atoms with Crippen LogP contribution < -0.4 is 0 Å². The van der Waals surface area contributed by atoms with Crippen LogP contribution in [-0.4, -0.2) is 54.6 Å². The van der Waals surface area contributed by atoms with E-state index in [4.69, 9.17) is 9.97 Å². The summed E-state index contributed by atoms with van der Waals surface area (Å²) in [6.45, 7) is 5.99. The van der Waals surface area contributed by atoms with Crippen LogP contribution in [0, 0.1) is 0 Å². The number of rotatable bonds is 21. The summed E-state index contributed by atoms with van der Waals surface area (Å²) in [7, 11) is 0. The molecule has 8 nitrogen and oxygen atoms in total. The van der Waals surface area contributed by atoms with Gasteiger partial charge in [0.05, 0.1) is 47.3 Å². The molecule has 4 aromatic heterocycles. The molecule has 48 heavy (non-hydrogen) atoms. The predicted molar refractivity (Wildman–Crippen MR) is 193 cm³/mol. The first kappa shape index (κ1) is 36.4. The van der Waals surface area contributed by atoms with Crippen molar-refractivity contribution in [2.24, 2.45) is 0 Å². The zero-order valence-corrected chi connectivity index (χ0v) is 28.9. The number of pyridine rings is 4. The minimum absolute atomic E-state index is 0.0961. The summed E-state index contributed by atoms with van der Waals surface area (Å²) < 4.78 is 0. The van der Waals surface area contributed by atoms with Gasteiger partial charge in [0.1, 0.15) is 0 Å². The first-order chi connectivity index (χ1) is 23.6. The molecule has 4 aromatic rings. The lowest BCUT2D eigenvalue weighted by Gasteiger charge is -2.28. The fourth-order valence-electron chi connectivity index (χ4n) is 5.74. The minimum Gasteiger partial charge on any atom is -0.335 e. The standard InChI is InChI=1S/C40H52N6O2/c1-3-5-7-9-11-25-39(47)45(31-33-19-17-23-37(43-33)35-21-13-15-27-41-35)29-30-46(40(48)26-12-10-8-6-4-2)32-34-20-18-24-38(44-34)36-22-14-16-28-42-36/h13-24,27-28H,3-12,25-26,29-32H2,1-2H3. The van der Waals surface area contributed by atoms with Gasteiger partial charge in [-0.3, -0.25) is 19.6 Å². The van der Waals surface area contributed by atoms with Gasteiger partial charge in [-0.15, -0.1) is 0 Å². The van der Waals surface area contributed by atoms with Gasteiger partial charge in [0.15, 0.2) is 0 Å². The van der Waals surface area contributed by atoms with Gasteiger partial charge in [-0.05, 0) is 61.4 Å². The maximum Gasteiger partial charge on any atom is 0.222 e. The number of carbonyl (C=O) groups excluding carboxylic acids is 2. The summed E-state index contributed by atoms with van der Waals surface area (Å²) in [5.41, 5.74) is 4.75. The van der Waals surface area contributed by atoms with E-state index in [-0.39, 0.29) is 11.8 Å². The van der Waals surface area contributed by atoms with Crippen molar-refractivity contribution in [1.29, 1.82) is 0 Å². The van der Waals surface area contributed by atoms with Gasteiger partial charge in [0, 0.05) is 38.3 Å². The molecule has 4 heterocycles. The van der Waals surface area contributed by atoms with Crippen molar-refractivity contribution < 1.29 is 9.59 Å². The summed E-state index contributed by atoms with van der Waals surface area (Å²) >= 11 is 0. The number of amides is 2. The topological polar surface area (TPSA) is 92.2 Å². The van der Waals surface area contributed by atoms with Crippen LogP contribution in [0.15, 0.2) is 85.2 Å². The fraction of sp³-hybridized carbons (Fsp3) is 0.450. The lowest BCUT2D eigenvalue weighted by Crippen LogP contribution is -2.40. The van der Waals surface area contributed by atoms with Gasteiger partial charge in [0.25, 0.3) is 0 Å². The summed E-state index contributed by atoms with van der Waals surface area (Å²) in [6, 6.07) is 23.3. The molecular formula is C40H52N6O2. The smallest absolute Gasteiger partial charge is 0.222 e. The van der Waals surface area contributed by atoms with Crippen LogP contribution in [-0.2, 0) is 22.7 Å². The SMILES string of the molecule is CCCCCCCC(=O)N(CCN(Cc1cccc(-c2ccccn2)n1)C(=O)CCCCCCC)Cc1cccc(-c2ccccn2)n1. The predicted octanol–water partition coefficient (Wildman–Crippen LogP) is 8.68. The van der Waals surface area contributed by atoms with Gasteiger partial charge in [-0.25, -0.2) is 9.97 Å². The molecule has 0 aliphatic heterocycles. The summed E-state index contributed by atoms with van der Waals surface area (Å²) in [5.74, 6) is 0.192. The lowest BCUT2D eigenvalue weighted by atomic mass is 10.1. The van der Waals surface area contributed by atoms with E-state index in [2.05, 4.69) is 23.8 Å². The third-order valence-electron chi connectivity index (χ3n) is 8.51. The first-order valence-electron chi connectivity index (χ1n) is 17.9. The Labute approximate surface area is 287 Å². The molecule has 0 saturated heterocycles. The molecule has 8 heteroatoms. The Hall–Kier alpha value is -4.46. The number of hydrogen-bond acceptors (Lipinski definition) is 6. The molecule has 0 radical (unpaired) electrons. The van der Waals surface area contributed by atoms with Crippen molar-refractivity contribution in [1.82, 2.24) is 29.7 Å². The van der Waals surface area contributed by atoms with E-state index >= 15 is 0 Å². The molecule has 0 unspecified atom stereocenters. The molecule has 254 valence electrons. The first-order valence-corrected chi connectivity index (χ1v) is 17.9. The van der Waals surface area contributed by atoms with Gasteiger partial charge in [-0.1, -0.05) is 89.5 Å². The highest BCUT2D eigenvalue weighted by molar-refractivity contribution is 5.77. The number of aromatic nitrogens is 4. The van der Waals surface area contributed by atoms with Gasteiger partial charge in [-0.2, -0.15) is 0 Å². The van der Waals surface area contributed by atoms with E-state index in [1.54, 1.807) is 12.4 Å². The van der Waals surface area contributed by atoms with E-state index in [0.717, 1.165) is 72.7 Å². The molecule has 4 rings (SSSR count). The lowest BCUT2D eigenvalue weighted by molar-refractivity contribution is -0.136. The number of unbranched alkanes of at least 4 members (excludes halogenated alkanes) is 8. The molecule has 0 aromatic carbocycles. The highest BCUT2D eigenvalue weighted by atomic mass is 16.2. The van der Waals surface area contributed by atoms with Crippen LogP contribution in [0.25, 0.3) is 22.8 Å². The number of carbonyl (C=O) groups is 2. The minimum atomic E-state index is 0.0961. The zero-order chi connectivity index (χ0) is 33.8. The van der Waals surface area contributed by atoms with E-state index in [0.29, 0.717) is 39.0 Å². The number of nitrogens with zero attached hydrogens (tertiary/aromatic N) is 6. The number of hydrogen-bond donors (Lipinski definition) is 0. The van der Waals surface area contributed by atoms with Crippen molar-refractivity contribution in [3.63, 3.8) is 0 Å².